The molecule has 0 saturated carbocycles. The Morgan fingerprint density at radius 3 is 2.39 bits per heavy atom. The molecule has 1 amide bonds. The lowest BCUT2D eigenvalue weighted by atomic mass is 9.77. The fourth-order valence-electron chi connectivity index (χ4n) is 2.56. The Hall–Kier alpha value is -1.57. The Morgan fingerprint density at radius 2 is 1.86 bits per heavy atom. The van der Waals surface area contributed by atoms with E-state index in [0.29, 0.717) is 5.15 Å². The molecule has 2 heterocycles. The van der Waals surface area contributed by atoms with E-state index >= 15 is 0 Å². The minimum atomic E-state index is -0.628. The van der Waals surface area contributed by atoms with Crippen molar-refractivity contribution in [1.82, 2.24) is 10.3 Å². The zero-order chi connectivity index (χ0) is 21.3. The van der Waals surface area contributed by atoms with Crippen molar-refractivity contribution in [1.29, 1.82) is 0 Å². The van der Waals surface area contributed by atoms with E-state index in [1.54, 1.807) is 6.20 Å². The van der Waals surface area contributed by atoms with Crippen molar-refractivity contribution in [3.05, 3.63) is 34.0 Å². The zero-order valence-corrected chi connectivity index (χ0v) is 18.7. The highest BCUT2D eigenvalue weighted by molar-refractivity contribution is 6.56. The largest absolute Gasteiger partial charge is 0.492 e. The first-order valence-corrected chi connectivity index (χ1v) is 9.73. The number of rotatable bonds is 4. The molecule has 0 radical (unpaired) electrons. The molecule has 0 aliphatic carbocycles. The number of hydrogen-bond donors (Lipinski definition) is 1. The fraction of sp³-hybridized carbons (Fsp3) is 0.600. The molecule has 0 unspecified atom stereocenters. The maximum Gasteiger partial charge on any atom is 0.492 e. The smallest absolute Gasteiger partial charge is 0.444 e. The maximum absolute atomic E-state index is 12.1. The molecule has 1 aromatic rings. The van der Waals surface area contributed by atoms with Gasteiger partial charge in [0.1, 0.15) is 10.8 Å². The van der Waals surface area contributed by atoms with Crippen LogP contribution in [-0.2, 0) is 14.0 Å². The molecule has 1 aliphatic rings. The molecular weight excluding hydrogens is 378 g/mol. The first-order chi connectivity index (χ1) is 12.7. The number of aryl methyl sites for hydroxylation is 1. The quantitative estimate of drug-likeness (QED) is 0.583. The molecule has 1 aromatic heterocycles. The lowest BCUT2D eigenvalue weighted by Gasteiger charge is -2.32. The molecule has 1 fully saturated rings. The summed E-state index contributed by atoms with van der Waals surface area (Å²) in [7, 11) is -0.628. The monoisotopic (exact) mass is 408 g/mol. The topological polar surface area (TPSA) is 69.7 Å². The van der Waals surface area contributed by atoms with Crippen LogP contribution in [0.1, 0.15) is 59.6 Å². The maximum atomic E-state index is 12.1. The van der Waals surface area contributed by atoms with Gasteiger partial charge in [0.25, 0.3) is 0 Å². The van der Waals surface area contributed by atoms with E-state index in [1.807, 2.05) is 67.5 Å². The van der Waals surface area contributed by atoms with Crippen molar-refractivity contribution >= 4 is 30.9 Å². The minimum absolute atomic E-state index is 0.190. The van der Waals surface area contributed by atoms with Gasteiger partial charge in [-0.15, -0.1) is 0 Å². The van der Waals surface area contributed by atoms with Crippen molar-refractivity contribution in [3.8, 4) is 0 Å². The predicted octanol–water partition coefficient (Wildman–Crippen LogP) is 4.58. The van der Waals surface area contributed by atoms with Crippen molar-refractivity contribution < 1.29 is 18.8 Å². The van der Waals surface area contributed by atoms with Crippen LogP contribution in [0.3, 0.4) is 0 Å². The molecule has 8 heteroatoms. The van der Waals surface area contributed by atoms with Crippen LogP contribution in [0.25, 0.3) is 6.08 Å². The Balaban J connectivity index is 2.30. The normalized spacial score (nSPS) is 18.9. The van der Waals surface area contributed by atoms with Gasteiger partial charge in [-0.1, -0.05) is 17.7 Å². The summed E-state index contributed by atoms with van der Waals surface area (Å²) in [5.74, 6) is 0. The summed E-state index contributed by atoms with van der Waals surface area (Å²) >= 11 is 6.26. The Kier molecular flexibility index (Phi) is 6.53. The third kappa shape index (κ3) is 5.72. The average Bonchev–Trinajstić information content (AvgIpc) is 2.73. The number of hydrogen-bond acceptors (Lipinski definition) is 5. The molecular formula is C20H30BClN2O4. The van der Waals surface area contributed by atoms with Crippen molar-refractivity contribution in [2.24, 2.45) is 0 Å². The number of carbonyl (C=O) groups excluding carboxylic acids is 1. The summed E-state index contributed by atoms with van der Waals surface area (Å²) in [5.41, 5.74) is 0.844. The molecule has 1 aliphatic heterocycles. The third-order valence-corrected chi connectivity index (χ3v) is 5.05. The first-order valence-electron chi connectivity index (χ1n) is 9.35. The number of nitrogens with one attached hydrogen (secondary N) is 1. The average molecular weight is 409 g/mol. The van der Waals surface area contributed by atoms with E-state index in [0.717, 1.165) is 16.6 Å². The summed E-state index contributed by atoms with van der Waals surface area (Å²) in [6.45, 7) is 15.5. The Labute approximate surface area is 173 Å². The van der Waals surface area contributed by atoms with E-state index in [1.165, 1.54) is 0 Å². The number of alkyl carbamates (subject to hydrolysis) is 1. The van der Waals surface area contributed by atoms with Crippen LogP contribution in [0, 0.1) is 6.92 Å². The fourth-order valence-corrected chi connectivity index (χ4v) is 2.72. The molecule has 6 nitrogen and oxygen atoms in total. The van der Waals surface area contributed by atoms with Gasteiger partial charge in [-0.25, -0.2) is 9.78 Å². The summed E-state index contributed by atoms with van der Waals surface area (Å²) in [6, 6.07) is 1.92. The highest BCUT2D eigenvalue weighted by atomic mass is 35.5. The highest BCUT2D eigenvalue weighted by Crippen LogP contribution is 2.39. The van der Waals surface area contributed by atoms with E-state index < -0.39 is 30.0 Å². The highest BCUT2D eigenvalue weighted by Gasteiger charge is 2.52. The van der Waals surface area contributed by atoms with Crippen LogP contribution in [-0.4, -0.2) is 41.5 Å². The molecule has 1 N–H and O–H groups in total. The van der Waals surface area contributed by atoms with Gasteiger partial charge in [-0.05, 0) is 72.5 Å². The van der Waals surface area contributed by atoms with Gasteiger partial charge in [0.2, 0.25) is 0 Å². The number of amides is 1. The lowest BCUT2D eigenvalue weighted by Crippen LogP contribution is -2.41. The minimum Gasteiger partial charge on any atom is -0.444 e. The number of pyridine rings is 1. The SMILES string of the molecule is Cc1cnc(Cl)c(C=C(CNC(=O)OC(C)(C)C)B2OC(C)(C)C(C)(C)O2)c1. The zero-order valence-electron chi connectivity index (χ0n) is 18.0. The van der Waals surface area contributed by atoms with Gasteiger partial charge in [0.05, 0.1) is 11.2 Å². The van der Waals surface area contributed by atoms with Gasteiger partial charge >= 0.3 is 13.2 Å². The molecule has 0 atom stereocenters. The number of ether oxygens (including phenoxy) is 1. The summed E-state index contributed by atoms with van der Waals surface area (Å²) in [6.07, 6.45) is 3.04. The standard InChI is InChI=1S/C20H30BClN2O4/c1-13-9-14(16(22)23-11-13)10-15(12-24-17(25)26-18(2,3)4)21-27-19(5,6)20(7,8)28-21/h9-11H,12H2,1-8H3,(H,24,25). The van der Waals surface area contributed by atoms with E-state index in [2.05, 4.69) is 10.3 Å². The van der Waals surface area contributed by atoms with Crippen LogP contribution in [0.15, 0.2) is 17.7 Å². The summed E-state index contributed by atoms with van der Waals surface area (Å²) in [4.78, 5) is 16.3. The second-order valence-corrected chi connectivity index (χ2v) is 9.41. The van der Waals surface area contributed by atoms with Crippen LogP contribution in [0.2, 0.25) is 5.15 Å². The Bertz CT molecular complexity index is 756. The lowest BCUT2D eigenvalue weighted by molar-refractivity contribution is 0.00578. The number of halogens is 1. The van der Waals surface area contributed by atoms with Gasteiger partial charge in [-0.2, -0.15) is 0 Å². The predicted molar refractivity (Wildman–Crippen MR) is 112 cm³/mol. The molecule has 0 spiro atoms. The van der Waals surface area contributed by atoms with Gasteiger partial charge in [-0.3, -0.25) is 0 Å². The van der Waals surface area contributed by atoms with Gasteiger partial charge in [0.15, 0.2) is 0 Å². The van der Waals surface area contributed by atoms with Crippen LogP contribution in [0.5, 0.6) is 0 Å². The molecule has 154 valence electrons. The Morgan fingerprint density at radius 1 is 1.29 bits per heavy atom. The molecule has 0 aromatic carbocycles. The van der Waals surface area contributed by atoms with E-state index in [-0.39, 0.29) is 6.54 Å². The van der Waals surface area contributed by atoms with E-state index in [9.17, 15) is 4.79 Å². The van der Waals surface area contributed by atoms with Crippen LogP contribution >= 0.6 is 11.6 Å². The molecule has 0 bridgehead atoms. The molecule has 2 rings (SSSR count). The van der Waals surface area contributed by atoms with Crippen molar-refractivity contribution in [2.75, 3.05) is 6.54 Å². The van der Waals surface area contributed by atoms with Crippen LogP contribution in [0.4, 0.5) is 4.79 Å². The number of aromatic nitrogens is 1. The second-order valence-electron chi connectivity index (χ2n) is 9.06. The summed E-state index contributed by atoms with van der Waals surface area (Å²) in [5, 5.41) is 3.14. The van der Waals surface area contributed by atoms with E-state index in [4.69, 9.17) is 25.6 Å². The molecule has 28 heavy (non-hydrogen) atoms. The number of carbonyl (C=O) groups is 1. The molecule has 1 saturated heterocycles. The van der Waals surface area contributed by atoms with Crippen molar-refractivity contribution in [2.45, 2.75) is 72.2 Å². The van der Waals surface area contributed by atoms with Gasteiger partial charge in [0, 0.05) is 18.3 Å². The van der Waals surface area contributed by atoms with Crippen LogP contribution < -0.4 is 5.32 Å². The van der Waals surface area contributed by atoms with Crippen molar-refractivity contribution in [3.63, 3.8) is 0 Å². The van der Waals surface area contributed by atoms with Gasteiger partial charge < -0.3 is 19.4 Å². The number of nitrogens with zero attached hydrogens (tertiary/aromatic N) is 1. The third-order valence-electron chi connectivity index (χ3n) is 4.74. The second kappa shape index (κ2) is 8.05. The summed E-state index contributed by atoms with van der Waals surface area (Å²) < 4.78 is 17.6. The first kappa shape index (κ1) is 22.7.